The van der Waals surface area contributed by atoms with Crippen LogP contribution in [0.3, 0.4) is 0 Å². The summed E-state index contributed by atoms with van der Waals surface area (Å²) in [6, 6.07) is 8.87. The highest BCUT2D eigenvalue weighted by Gasteiger charge is 2.18. The first-order valence-electron chi connectivity index (χ1n) is 8.64. The molecule has 10 nitrogen and oxygen atoms in total. The van der Waals surface area contributed by atoms with Crippen molar-refractivity contribution in [2.24, 2.45) is 0 Å². The second-order valence-electron chi connectivity index (χ2n) is 6.50. The average Bonchev–Trinajstić information content (AvgIpc) is 3.14. The first-order chi connectivity index (χ1) is 13.6. The Morgan fingerprint density at radius 1 is 0.774 bits per heavy atom. The Hall–Kier alpha value is -1.23. The van der Waals surface area contributed by atoms with E-state index in [1.54, 1.807) is 64.3 Å². The molecule has 0 aliphatic carbocycles. The van der Waals surface area contributed by atoms with Crippen LogP contribution in [0.4, 0.5) is 0 Å². The second-order valence-corrected chi connectivity index (χ2v) is 10.1. The van der Waals surface area contributed by atoms with Crippen molar-refractivity contribution >= 4 is 15.2 Å². The van der Waals surface area contributed by atoms with E-state index in [2.05, 4.69) is 5.16 Å². The van der Waals surface area contributed by atoms with Crippen molar-refractivity contribution in [3.63, 3.8) is 0 Å². The Morgan fingerprint density at radius 3 is 1.61 bits per heavy atom. The third-order valence-electron chi connectivity index (χ3n) is 4.17. The number of halogens is 2. The standard InChI is InChI=1S/C17H19N3O7P2.2BrH/c21-28(22,23)11-9-19-5-1-14(2-6-19)16-13-17(27-18-16)15-3-7-20(8-4-15)10-12-29(24,25)26;;/h1-8,13H,9-12H2,(H2-2,21,22,23,24,25,26);2*1H. The number of hydrogen-bond acceptors (Lipinski definition) is 4. The molecule has 14 heteroatoms. The maximum absolute atomic E-state index is 11.0. The molecule has 3 aromatic heterocycles. The molecule has 0 spiro atoms. The van der Waals surface area contributed by atoms with E-state index in [9.17, 15) is 9.13 Å². The molecule has 0 amide bonds. The Kier molecular flexibility index (Phi) is 10.4. The minimum absolute atomic E-state index is 0. The molecule has 0 fully saturated rings. The van der Waals surface area contributed by atoms with Gasteiger partial charge in [0, 0.05) is 41.5 Å². The van der Waals surface area contributed by atoms with Crippen molar-refractivity contribution < 1.29 is 76.3 Å². The van der Waals surface area contributed by atoms with E-state index < -0.39 is 15.2 Å². The first kappa shape index (κ1) is 27.8. The van der Waals surface area contributed by atoms with E-state index in [0.717, 1.165) is 11.1 Å². The van der Waals surface area contributed by atoms with Crippen LogP contribution in [0.25, 0.3) is 22.6 Å². The number of aromatic nitrogens is 3. The molecule has 31 heavy (non-hydrogen) atoms. The zero-order valence-electron chi connectivity index (χ0n) is 16.0. The zero-order valence-corrected chi connectivity index (χ0v) is 21.0. The molecule has 0 aliphatic heterocycles. The van der Waals surface area contributed by atoms with E-state index in [1.807, 2.05) is 0 Å². The zero-order chi connectivity index (χ0) is 21.1. The van der Waals surface area contributed by atoms with E-state index in [0.29, 0.717) is 11.5 Å². The van der Waals surface area contributed by atoms with Crippen LogP contribution < -0.4 is 43.1 Å². The van der Waals surface area contributed by atoms with Crippen molar-refractivity contribution in [3.05, 3.63) is 55.1 Å². The van der Waals surface area contributed by atoms with Crippen LogP contribution in [0.5, 0.6) is 0 Å². The molecule has 3 aromatic rings. The molecule has 0 atom stereocenters. The number of aryl methyl sites for hydroxylation is 2. The monoisotopic (exact) mass is 599 g/mol. The van der Waals surface area contributed by atoms with Crippen molar-refractivity contribution in [2.45, 2.75) is 13.1 Å². The summed E-state index contributed by atoms with van der Waals surface area (Å²) in [5.41, 5.74) is 2.17. The minimum Gasteiger partial charge on any atom is -1.00 e. The molecule has 0 bridgehead atoms. The highest BCUT2D eigenvalue weighted by atomic mass is 79.9. The van der Waals surface area contributed by atoms with Gasteiger partial charge >= 0.3 is 15.2 Å². The maximum atomic E-state index is 11.0. The van der Waals surface area contributed by atoms with Crippen LogP contribution in [-0.4, -0.2) is 37.1 Å². The number of pyridine rings is 2. The lowest BCUT2D eigenvalue weighted by molar-refractivity contribution is -0.692. The highest BCUT2D eigenvalue weighted by molar-refractivity contribution is 7.51. The molecular weight excluding hydrogens is 580 g/mol. The number of rotatable bonds is 8. The van der Waals surface area contributed by atoms with E-state index in [-0.39, 0.29) is 59.4 Å². The minimum atomic E-state index is -4.04. The lowest BCUT2D eigenvalue weighted by Gasteiger charge is -2.01. The van der Waals surface area contributed by atoms with Gasteiger partial charge in [-0.15, -0.1) is 0 Å². The number of nitrogens with zero attached hydrogens (tertiary/aromatic N) is 3. The molecule has 170 valence electrons. The molecule has 3 rings (SSSR count). The van der Waals surface area contributed by atoms with Crippen molar-refractivity contribution in [1.29, 1.82) is 0 Å². The van der Waals surface area contributed by atoms with Crippen LogP contribution in [-0.2, 0) is 22.2 Å². The first-order valence-corrected chi connectivity index (χ1v) is 12.2. The summed E-state index contributed by atoms with van der Waals surface area (Å²) in [5, 5.41) is 4.05. The van der Waals surface area contributed by atoms with Gasteiger partial charge in [0.25, 0.3) is 0 Å². The Morgan fingerprint density at radius 2 is 1.19 bits per heavy atom. The largest absolute Gasteiger partial charge is 1.00 e. The summed E-state index contributed by atoms with van der Waals surface area (Å²) in [4.78, 5) is 35.8. The summed E-state index contributed by atoms with van der Waals surface area (Å²) in [5.74, 6) is 0.542. The summed E-state index contributed by atoms with van der Waals surface area (Å²) in [6.07, 6.45) is 6.38. The van der Waals surface area contributed by atoms with Crippen LogP contribution in [0.2, 0.25) is 0 Å². The fourth-order valence-electron chi connectivity index (χ4n) is 2.59. The van der Waals surface area contributed by atoms with Gasteiger partial charge in [-0.2, -0.15) is 0 Å². The SMILES string of the molecule is O=P(O)(O)CC[n+]1ccc(-c2cc(-c3cc[n+](CCP(=O)(O)O)cc3)on2)cc1.[Br-].[Br-]. The van der Waals surface area contributed by atoms with Gasteiger partial charge in [0.05, 0.1) is 0 Å². The fraction of sp³-hybridized carbons (Fsp3) is 0.235. The van der Waals surface area contributed by atoms with Gasteiger partial charge in [-0.05, 0) is 0 Å². The predicted molar refractivity (Wildman–Crippen MR) is 102 cm³/mol. The van der Waals surface area contributed by atoms with Gasteiger partial charge in [-0.25, -0.2) is 9.13 Å². The molecule has 0 saturated heterocycles. The van der Waals surface area contributed by atoms with Crippen molar-refractivity contribution in [2.75, 3.05) is 12.3 Å². The van der Waals surface area contributed by atoms with Gasteiger partial charge in [0.1, 0.15) is 18.0 Å². The summed E-state index contributed by atoms with van der Waals surface area (Å²) in [6.45, 7) is 0.416. The van der Waals surface area contributed by atoms with Gasteiger partial charge in [-0.1, -0.05) is 5.16 Å². The topological polar surface area (TPSA) is 149 Å². The molecule has 0 aliphatic rings. The molecule has 0 aromatic carbocycles. The normalized spacial score (nSPS) is 11.5. The van der Waals surface area contributed by atoms with Crippen molar-refractivity contribution in [3.8, 4) is 22.6 Å². The van der Waals surface area contributed by atoms with Crippen LogP contribution in [0.15, 0.2) is 59.6 Å². The second kappa shape index (κ2) is 11.6. The smallest absolute Gasteiger partial charge is 0.331 e. The summed E-state index contributed by atoms with van der Waals surface area (Å²) < 4.78 is 30.6. The molecule has 4 N–H and O–H groups in total. The highest BCUT2D eigenvalue weighted by Crippen LogP contribution is 2.34. The molecule has 3 heterocycles. The Labute approximate surface area is 199 Å². The van der Waals surface area contributed by atoms with Gasteiger partial charge < -0.3 is 58.1 Å². The van der Waals surface area contributed by atoms with Crippen LogP contribution in [0.1, 0.15) is 0 Å². The Bertz CT molecular complexity index is 982. The van der Waals surface area contributed by atoms with Gasteiger partial charge in [0.15, 0.2) is 43.6 Å². The lowest BCUT2D eigenvalue weighted by atomic mass is 10.1. The van der Waals surface area contributed by atoms with Crippen LogP contribution >= 0.6 is 15.2 Å². The van der Waals surface area contributed by atoms with E-state index in [4.69, 9.17) is 24.1 Å². The van der Waals surface area contributed by atoms with Crippen LogP contribution in [0, 0.1) is 0 Å². The third kappa shape index (κ3) is 9.03. The fourth-order valence-corrected chi connectivity index (χ4v) is 3.57. The molecule has 0 unspecified atom stereocenters. The van der Waals surface area contributed by atoms with Gasteiger partial charge in [0.2, 0.25) is 0 Å². The maximum Gasteiger partial charge on any atom is 0.331 e. The quantitative estimate of drug-likeness (QED) is 0.148. The Balaban J connectivity index is 0.00000240. The lowest BCUT2D eigenvalue weighted by Crippen LogP contribution is -3.00. The summed E-state index contributed by atoms with van der Waals surface area (Å²) >= 11 is 0. The molecule has 0 saturated carbocycles. The third-order valence-corrected chi connectivity index (χ3v) is 5.74. The summed E-state index contributed by atoms with van der Waals surface area (Å²) in [7, 11) is -8.08. The molecular formula is C17H21Br2N3O7P2. The van der Waals surface area contributed by atoms with E-state index in [1.165, 1.54) is 0 Å². The van der Waals surface area contributed by atoms with Crippen molar-refractivity contribution in [1.82, 2.24) is 5.16 Å². The van der Waals surface area contributed by atoms with E-state index >= 15 is 0 Å². The average molecular weight is 601 g/mol. The van der Waals surface area contributed by atoms with Gasteiger partial charge in [-0.3, -0.25) is 9.13 Å². The predicted octanol–water partition coefficient (Wildman–Crippen LogP) is -5.05. The molecule has 0 radical (unpaired) electrons. The number of hydrogen-bond donors (Lipinski definition) is 4.